The molecular weight excluding hydrogens is 322 g/mol. The van der Waals surface area contributed by atoms with Crippen molar-refractivity contribution < 1.29 is 19.1 Å². The van der Waals surface area contributed by atoms with Crippen molar-refractivity contribution in [3.05, 3.63) is 18.2 Å². The summed E-state index contributed by atoms with van der Waals surface area (Å²) < 4.78 is 11.2. The summed E-state index contributed by atoms with van der Waals surface area (Å²) >= 11 is 0. The molecule has 3 aliphatic rings. The first kappa shape index (κ1) is 16.1. The number of carbonyl (C=O) groups excluding carboxylic acids is 2. The topological polar surface area (TPSA) is 62.3 Å². The Hall–Kier alpha value is -2.44. The molecule has 0 N–H and O–H groups in total. The number of rotatable bonds is 1. The van der Waals surface area contributed by atoms with E-state index < -0.39 is 0 Å². The smallest absolute Gasteiger partial charge is 0.319 e. The summed E-state index contributed by atoms with van der Waals surface area (Å²) in [5.41, 5.74) is 0.694. The molecule has 4 rings (SSSR count). The van der Waals surface area contributed by atoms with E-state index in [4.69, 9.17) is 9.47 Å². The van der Waals surface area contributed by atoms with Crippen molar-refractivity contribution in [1.82, 2.24) is 9.80 Å². The number of hydrogen-bond donors (Lipinski definition) is 0. The number of hydrogen-bond acceptors (Lipinski definition) is 4. The molecule has 1 spiro atoms. The summed E-state index contributed by atoms with van der Waals surface area (Å²) in [5.74, 6) is 1.52. The van der Waals surface area contributed by atoms with Gasteiger partial charge in [-0.25, -0.2) is 4.79 Å². The first-order valence-electron chi connectivity index (χ1n) is 8.64. The Morgan fingerprint density at radius 1 is 1.16 bits per heavy atom. The molecule has 1 aromatic rings. The number of nitrogens with zero attached hydrogens (tertiary/aromatic N) is 3. The van der Waals surface area contributed by atoms with Crippen molar-refractivity contribution in [1.29, 1.82) is 0 Å². The Kier molecular flexibility index (Phi) is 3.74. The first-order valence-corrected chi connectivity index (χ1v) is 8.64. The molecule has 3 amide bonds. The van der Waals surface area contributed by atoms with E-state index in [1.165, 1.54) is 0 Å². The van der Waals surface area contributed by atoms with Gasteiger partial charge in [0.2, 0.25) is 5.91 Å². The van der Waals surface area contributed by atoms with Crippen LogP contribution in [0.5, 0.6) is 11.5 Å². The number of fused-ring (bicyclic) bond motifs is 1. The van der Waals surface area contributed by atoms with Crippen molar-refractivity contribution >= 4 is 17.6 Å². The number of urea groups is 1. The van der Waals surface area contributed by atoms with Gasteiger partial charge in [-0.2, -0.15) is 0 Å². The van der Waals surface area contributed by atoms with Gasteiger partial charge in [0.1, 0.15) is 13.2 Å². The summed E-state index contributed by atoms with van der Waals surface area (Å²) in [4.78, 5) is 30.1. The number of amides is 3. The van der Waals surface area contributed by atoms with Gasteiger partial charge < -0.3 is 24.2 Å². The Bertz CT molecular complexity index is 720. The second kappa shape index (κ2) is 5.82. The van der Waals surface area contributed by atoms with Crippen molar-refractivity contribution in [2.45, 2.75) is 12.8 Å². The maximum atomic E-state index is 12.7. The maximum Gasteiger partial charge on any atom is 0.319 e. The quantitative estimate of drug-likeness (QED) is 0.775. The molecule has 0 bridgehead atoms. The molecule has 3 heterocycles. The lowest BCUT2D eigenvalue weighted by Gasteiger charge is -2.26. The van der Waals surface area contributed by atoms with E-state index in [9.17, 15) is 9.59 Å². The van der Waals surface area contributed by atoms with Crippen LogP contribution in [0.3, 0.4) is 0 Å². The van der Waals surface area contributed by atoms with Gasteiger partial charge in [-0.15, -0.1) is 0 Å². The van der Waals surface area contributed by atoms with Crippen LogP contribution in [0.2, 0.25) is 0 Å². The Balaban J connectivity index is 1.52. The second-order valence-corrected chi connectivity index (χ2v) is 7.33. The van der Waals surface area contributed by atoms with Gasteiger partial charge in [-0.3, -0.25) is 4.79 Å². The Morgan fingerprint density at radius 2 is 1.92 bits per heavy atom. The highest BCUT2D eigenvalue weighted by Crippen LogP contribution is 2.43. The molecule has 2 fully saturated rings. The molecule has 7 nitrogen and oxygen atoms in total. The van der Waals surface area contributed by atoms with Crippen LogP contribution in [0.25, 0.3) is 0 Å². The number of anilines is 1. The van der Waals surface area contributed by atoms with Crippen LogP contribution >= 0.6 is 0 Å². The normalized spacial score (nSPS) is 25.0. The van der Waals surface area contributed by atoms with Gasteiger partial charge >= 0.3 is 6.03 Å². The SMILES string of the molecule is CN(C)C(=O)N1CCC2(CC(=O)N(c3ccc4c(c3)OCCO4)C2)C1. The fourth-order valence-electron chi connectivity index (χ4n) is 3.99. The standard InChI is InChI=1S/C18H23N3O4/c1-19(2)17(23)20-6-5-18(11-20)10-16(22)21(12-18)13-3-4-14-15(9-13)25-8-7-24-14/h3-4,9H,5-8,10-12H2,1-2H3. The van der Waals surface area contributed by atoms with Crippen molar-refractivity contribution in [3.8, 4) is 11.5 Å². The molecule has 7 heteroatoms. The van der Waals surface area contributed by atoms with E-state index in [0.717, 1.165) is 17.9 Å². The van der Waals surface area contributed by atoms with E-state index in [1.807, 2.05) is 28.0 Å². The monoisotopic (exact) mass is 345 g/mol. The number of likely N-dealkylation sites (tertiary alicyclic amines) is 1. The highest BCUT2D eigenvalue weighted by Gasteiger charge is 2.49. The van der Waals surface area contributed by atoms with Crippen LogP contribution < -0.4 is 14.4 Å². The van der Waals surface area contributed by atoms with Crippen LogP contribution in [-0.2, 0) is 4.79 Å². The summed E-state index contributed by atoms with van der Waals surface area (Å²) in [7, 11) is 3.52. The van der Waals surface area contributed by atoms with Crippen LogP contribution in [0, 0.1) is 5.41 Å². The zero-order chi connectivity index (χ0) is 17.6. The van der Waals surface area contributed by atoms with E-state index in [2.05, 4.69) is 0 Å². The van der Waals surface area contributed by atoms with Crippen LogP contribution in [0.15, 0.2) is 18.2 Å². The van der Waals surface area contributed by atoms with Gasteiger partial charge in [0.15, 0.2) is 11.5 Å². The molecule has 0 radical (unpaired) electrons. The third kappa shape index (κ3) is 2.77. The average molecular weight is 345 g/mol. The van der Waals surface area contributed by atoms with Gasteiger partial charge in [0, 0.05) is 57.3 Å². The summed E-state index contributed by atoms with van der Waals surface area (Å²) in [6.45, 7) is 3.06. The first-order chi connectivity index (χ1) is 12.0. The highest BCUT2D eigenvalue weighted by atomic mass is 16.6. The maximum absolute atomic E-state index is 12.7. The largest absolute Gasteiger partial charge is 0.486 e. The minimum Gasteiger partial charge on any atom is -0.486 e. The van der Waals surface area contributed by atoms with Crippen molar-refractivity contribution in [2.75, 3.05) is 51.8 Å². The van der Waals surface area contributed by atoms with Crippen LogP contribution in [0.4, 0.5) is 10.5 Å². The van der Waals surface area contributed by atoms with E-state index in [1.54, 1.807) is 19.0 Å². The molecular formula is C18H23N3O4. The van der Waals surface area contributed by atoms with Crippen LogP contribution in [-0.4, -0.2) is 68.7 Å². The number of carbonyl (C=O) groups is 2. The van der Waals surface area contributed by atoms with Gasteiger partial charge in [-0.05, 0) is 18.6 Å². The minimum absolute atomic E-state index is 0.0158. The third-order valence-corrected chi connectivity index (χ3v) is 5.25. The summed E-state index contributed by atoms with van der Waals surface area (Å²) in [5, 5.41) is 0. The van der Waals surface area contributed by atoms with E-state index in [0.29, 0.717) is 45.0 Å². The van der Waals surface area contributed by atoms with Crippen molar-refractivity contribution in [2.24, 2.45) is 5.41 Å². The third-order valence-electron chi connectivity index (χ3n) is 5.25. The number of benzene rings is 1. The van der Waals surface area contributed by atoms with Crippen LogP contribution in [0.1, 0.15) is 12.8 Å². The predicted molar refractivity (Wildman–Crippen MR) is 92.1 cm³/mol. The molecule has 1 unspecified atom stereocenters. The summed E-state index contributed by atoms with van der Waals surface area (Å²) in [6, 6.07) is 5.66. The molecule has 25 heavy (non-hydrogen) atoms. The fourth-order valence-corrected chi connectivity index (χ4v) is 3.99. The molecule has 0 aromatic heterocycles. The average Bonchev–Trinajstić information content (AvgIpc) is 3.17. The van der Waals surface area contributed by atoms with Crippen molar-refractivity contribution in [3.63, 3.8) is 0 Å². The molecule has 0 aliphatic carbocycles. The lowest BCUT2D eigenvalue weighted by atomic mass is 9.86. The Labute approximate surface area is 147 Å². The highest BCUT2D eigenvalue weighted by molar-refractivity contribution is 5.97. The zero-order valence-corrected chi connectivity index (χ0v) is 14.7. The van der Waals surface area contributed by atoms with Gasteiger partial charge in [-0.1, -0.05) is 0 Å². The second-order valence-electron chi connectivity index (χ2n) is 7.33. The summed E-state index contributed by atoms with van der Waals surface area (Å²) in [6.07, 6.45) is 1.35. The Morgan fingerprint density at radius 3 is 2.68 bits per heavy atom. The lowest BCUT2D eigenvalue weighted by molar-refractivity contribution is -0.117. The molecule has 1 aromatic carbocycles. The molecule has 2 saturated heterocycles. The predicted octanol–water partition coefficient (Wildman–Crippen LogP) is 1.57. The van der Waals surface area contributed by atoms with E-state index in [-0.39, 0.29) is 17.4 Å². The molecule has 134 valence electrons. The lowest BCUT2D eigenvalue weighted by Crippen LogP contribution is -2.39. The molecule has 0 saturated carbocycles. The minimum atomic E-state index is -0.143. The number of ether oxygens (including phenoxy) is 2. The zero-order valence-electron chi connectivity index (χ0n) is 14.7. The molecule has 3 aliphatic heterocycles. The van der Waals surface area contributed by atoms with Gasteiger partial charge in [0.05, 0.1) is 0 Å². The fraction of sp³-hybridized carbons (Fsp3) is 0.556. The molecule has 1 atom stereocenters. The van der Waals surface area contributed by atoms with E-state index >= 15 is 0 Å². The van der Waals surface area contributed by atoms with Gasteiger partial charge in [0.25, 0.3) is 0 Å².